The predicted octanol–water partition coefficient (Wildman–Crippen LogP) is 2.53. The standard InChI is InChI=1S/C18H26N2O4/c1-12-11-15(13(2)14(3)16(12)23-4)17(21)19-7-6-8-20(10-9-19)18(22)24-5/h11H,6-10H2,1-5H3. The van der Waals surface area contributed by atoms with E-state index in [4.69, 9.17) is 9.47 Å². The molecule has 0 aromatic heterocycles. The van der Waals surface area contributed by atoms with Crippen molar-refractivity contribution in [1.82, 2.24) is 9.80 Å². The first-order valence-electron chi connectivity index (χ1n) is 8.17. The van der Waals surface area contributed by atoms with E-state index in [1.807, 2.05) is 31.7 Å². The highest BCUT2D eigenvalue weighted by atomic mass is 16.5. The van der Waals surface area contributed by atoms with Gasteiger partial charge in [0.1, 0.15) is 5.75 Å². The second-order valence-corrected chi connectivity index (χ2v) is 6.13. The van der Waals surface area contributed by atoms with E-state index in [2.05, 4.69) is 0 Å². The molecule has 1 aliphatic rings. The number of nitrogens with zero attached hydrogens (tertiary/aromatic N) is 2. The average Bonchev–Trinajstić information content (AvgIpc) is 2.83. The first-order valence-corrected chi connectivity index (χ1v) is 8.17. The molecule has 132 valence electrons. The van der Waals surface area contributed by atoms with Crippen LogP contribution in [0.1, 0.15) is 33.5 Å². The molecule has 0 atom stereocenters. The van der Waals surface area contributed by atoms with E-state index in [0.29, 0.717) is 31.7 Å². The number of aryl methyl sites for hydroxylation is 1. The SMILES string of the molecule is COC(=O)N1CCCN(C(=O)c2cc(C)c(OC)c(C)c2C)CC1. The zero-order valence-corrected chi connectivity index (χ0v) is 15.1. The highest BCUT2D eigenvalue weighted by Crippen LogP contribution is 2.29. The van der Waals surface area contributed by atoms with Gasteiger partial charge in [0.05, 0.1) is 14.2 Å². The van der Waals surface area contributed by atoms with E-state index in [-0.39, 0.29) is 12.0 Å². The fourth-order valence-electron chi connectivity index (χ4n) is 3.20. The van der Waals surface area contributed by atoms with E-state index in [0.717, 1.165) is 28.9 Å². The summed E-state index contributed by atoms with van der Waals surface area (Å²) >= 11 is 0. The van der Waals surface area contributed by atoms with Crippen molar-refractivity contribution in [1.29, 1.82) is 0 Å². The topological polar surface area (TPSA) is 59.1 Å². The summed E-state index contributed by atoms with van der Waals surface area (Å²) in [6, 6.07) is 1.90. The molecule has 1 aliphatic heterocycles. The summed E-state index contributed by atoms with van der Waals surface area (Å²) < 4.78 is 10.2. The summed E-state index contributed by atoms with van der Waals surface area (Å²) in [6.07, 6.45) is 0.408. The van der Waals surface area contributed by atoms with Crippen LogP contribution in [0, 0.1) is 20.8 Å². The summed E-state index contributed by atoms with van der Waals surface area (Å²) in [6.45, 7) is 8.11. The van der Waals surface area contributed by atoms with Crippen LogP contribution < -0.4 is 4.74 Å². The summed E-state index contributed by atoms with van der Waals surface area (Å²) in [5, 5.41) is 0. The highest BCUT2D eigenvalue weighted by molar-refractivity contribution is 5.96. The van der Waals surface area contributed by atoms with Gasteiger partial charge in [-0.05, 0) is 49.9 Å². The van der Waals surface area contributed by atoms with Gasteiger partial charge in [0, 0.05) is 31.7 Å². The Morgan fingerprint density at radius 3 is 2.21 bits per heavy atom. The van der Waals surface area contributed by atoms with Gasteiger partial charge < -0.3 is 19.3 Å². The molecule has 0 saturated carbocycles. The van der Waals surface area contributed by atoms with Crippen LogP contribution in [0.4, 0.5) is 4.79 Å². The van der Waals surface area contributed by atoms with E-state index < -0.39 is 0 Å². The lowest BCUT2D eigenvalue weighted by Crippen LogP contribution is -2.37. The molecule has 1 heterocycles. The van der Waals surface area contributed by atoms with Gasteiger partial charge in [-0.3, -0.25) is 4.79 Å². The average molecular weight is 334 g/mol. The third-order valence-corrected chi connectivity index (χ3v) is 4.68. The Labute approximate surface area is 143 Å². The van der Waals surface area contributed by atoms with Crippen molar-refractivity contribution in [2.45, 2.75) is 27.2 Å². The molecule has 2 amide bonds. The van der Waals surface area contributed by atoms with Crippen LogP contribution in [0.3, 0.4) is 0 Å². The molecule has 1 saturated heterocycles. The Morgan fingerprint density at radius 2 is 1.58 bits per heavy atom. The Hall–Kier alpha value is -2.24. The molecular weight excluding hydrogens is 308 g/mol. The van der Waals surface area contributed by atoms with Gasteiger partial charge in [-0.2, -0.15) is 0 Å². The number of amides is 2. The number of ether oxygens (including phenoxy) is 2. The normalized spacial score (nSPS) is 15.0. The van der Waals surface area contributed by atoms with E-state index in [9.17, 15) is 9.59 Å². The van der Waals surface area contributed by atoms with Crippen molar-refractivity contribution in [2.75, 3.05) is 40.4 Å². The molecule has 0 aliphatic carbocycles. The molecule has 24 heavy (non-hydrogen) atoms. The van der Waals surface area contributed by atoms with Crippen molar-refractivity contribution >= 4 is 12.0 Å². The van der Waals surface area contributed by atoms with E-state index in [1.54, 1.807) is 12.0 Å². The summed E-state index contributed by atoms with van der Waals surface area (Å²) in [4.78, 5) is 28.1. The number of benzene rings is 1. The molecule has 0 unspecified atom stereocenters. The Balaban J connectivity index is 2.22. The highest BCUT2D eigenvalue weighted by Gasteiger charge is 2.25. The lowest BCUT2D eigenvalue weighted by molar-refractivity contribution is 0.0756. The molecular formula is C18H26N2O4. The van der Waals surface area contributed by atoms with Gasteiger partial charge in [-0.25, -0.2) is 4.79 Å². The minimum Gasteiger partial charge on any atom is -0.496 e. The number of rotatable bonds is 2. The van der Waals surface area contributed by atoms with Crippen LogP contribution in [0.25, 0.3) is 0 Å². The molecule has 0 N–H and O–H groups in total. The Kier molecular flexibility index (Phi) is 5.70. The fraction of sp³-hybridized carbons (Fsp3) is 0.556. The Bertz CT molecular complexity index is 642. The second kappa shape index (κ2) is 7.55. The molecule has 6 nitrogen and oxygen atoms in total. The molecule has 1 aromatic rings. The van der Waals surface area contributed by atoms with Crippen LogP contribution >= 0.6 is 0 Å². The lowest BCUT2D eigenvalue weighted by atomic mass is 9.97. The van der Waals surface area contributed by atoms with E-state index >= 15 is 0 Å². The zero-order chi connectivity index (χ0) is 17.9. The van der Waals surface area contributed by atoms with Gasteiger partial charge in [0.15, 0.2) is 0 Å². The van der Waals surface area contributed by atoms with Crippen LogP contribution in [-0.2, 0) is 4.74 Å². The first-order chi connectivity index (χ1) is 11.4. The maximum atomic E-state index is 13.0. The van der Waals surface area contributed by atoms with Crippen molar-refractivity contribution in [2.24, 2.45) is 0 Å². The molecule has 2 rings (SSSR count). The third-order valence-electron chi connectivity index (χ3n) is 4.68. The largest absolute Gasteiger partial charge is 0.496 e. The molecule has 0 bridgehead atoms. The van der Waals surface area contributed by atoms with Crippen LogP contribution in [0.2, 0.25) is 0 Å². The molecule has 6 heteroatoms. The summed E-state index contributed by atoms with van der Waals surface area (Å²) in [5.41, 5.74) is 3.59. The van der Waals surface area contributed by atoms with Crippen molar-refractivity contribution in [3.8, 4) is 5.75 Å². The molecule has 0 radical (unpaired) electrons. The smallest absolute Gasteiger partial charge is 0.409 e. The first kappa shape index (κ1) is 18.1. The third kappa shape index (κ3) is 3.47. The minimum atomic E-state index is -0.336. The number of carbonyl (C=O) groups excluding carboxylic acids is 2. The van der Waals surface area contributed by atoms with Gasteiger partial charge in [0.2, 0.25) is 0 Å². The molecule has 1 aromatic carbocycles. The monoisotopic (exact) mass is 334 g/mol. The quantitative estimate of drug-likeness (QED) is 0.834. The molecule has 1 fully saturated rings. The second-order valence-electron chi connectivity index (χ2n) is 6.13. The van der Waals surface area contributed by atoms with Gasteiger partial charge in [-0.1, -0.05) is 0 Å². The summed E-state index contributed by atoms with van der Waals surface area (Å²) in [5.74, 6) is 0.838. The molecule has 0 spiro atoms. The number of methoxy groups -OCH3 is 2. The van der Waals surface area contributed by atoms with Crippen molar-refractivity contribution in [3.05, 3.63) is 28.3 Å². The lowest BCUT2D eigenvalue weighted by Gasteiger charge is -2.23. The van der Waals surface area contributed by atoms with Gasteiger partial charge in [-0.15, -0.1) is 0 Å². The number of carbonyl (C=O) groups is 2. The van der Waals surface area contributed by atoms with Crippen molar-refractivity contribution < 1.29 is 19.1 Å². The number of hydrogen-bond donors (Lipinski definition) is 0. The van der Waals surface area contributed by atoms with Crippen molar-refractivity contribution in [3.63, 3.8) is 0 Å². The van der Waals surface area contributed by atoms with Crippen LogP contribution in [-0.4, -0.2) is 62.2 Å². The number of hydrogen-bond acceptors (Lipinski definition) is 4. The fourth-order valence-corrected chi connectivity index (χ4v) is 3.20. The van der Waals surface area contributed by atoms with Gasteiger partial charge >= 0.3 is 6.09 Å². The Morgan fingerprint density at radius 1 is 0.958 bits per heavy atom. The summed E-state index contributed by atoms with van der Waals surface area (Å²) in [7, 11) is 3.02. The maximum Gasteiger partial charge on any atom is 0.409 e. The maximum absolute atomic E-state index is 13.0. The van der Waals surface area contributed by atoms with Gasteiger partial charge in [0.25, 0.3) is 5.91 Å². The minimum absolute atomic E-state index is 0.00747. The van der Waals surface area contributed by atoms with Crippen LogP contribution in [0.15, 0.2) is 6.07 Å². The van der Waals surface area contributed by atoms with E-state index in [1.165, 1.54) is 7.11 Å². The predicted molar refractivity (Wildman–Crippen MR) is 91.7 cm³/mol. The zero-order valence-electron chi connectivity index (χ0n) is 15.1. The van der Waals surface area contributed by atoms with Crippen LogP contribution in [0.5, 0.6) is 5.75 Å².